The average Bonchev–Trinajstić information content (AvgIpc) is 2.73. The van der Waals surface area contributed by atoms with E-state index in [2.05, 4.69) is 28.6 Å². The highest BCUT2D eigenvalue weighted by Gasteiger charge is 2.17. The predicted molar refractivity (Wildman–Crippen MR) is 79.9 cm³/mol. The van der Waals surface area contributed by atoms with Crippen LogP contribution in [0.25, 0.3) is 0 Å². The van der Waals surface area contributed by atoms with Gasteiger partial charge in [-0.3, -0.25) is 4.68 Å². The van der Waals surface area contributed by atoms with Crippen LogP contribution in [0.2, 0.25) is 0 Å². The van der Waals surface area contributed by atoms with E-state index in [1.54, 1.807) is 0 Å². The predicted octanol–water partition coefficient (Wildman–Crippen LogP) is 1.49. The number of piperidine rings is 1. The summed E-state index contributed by atoms with van der Waals surface area (Å²) >= 11 is 0. The summed E-state index contributed by atoms with van der Waals surface area (Å²) in [7, 11) is 4.21. The van der Waals surface area contributed by atoms with Gasteiger partial charge in [0, 0.05) is 25.8 Å². The van der Waals surface area contributed by atoms with Crippen molar-refractivity contribution in [1.29, 1.82) is 0 Å². The zero-order valence-corrected chi connectivity index (χ0v) is 12.8. The lowest BCUT2D eigenvalue weighted by atomic mass is 10.0. The fourth-order valence-corrected chi connectivity index (χ4v) is 2.34. The minimum atomic E-state index is 0. The van der Waals surface area contributed by atoms with Crippen molar-refractivity contribution in [3.8, 4) is 0 Å². The van der Waals surface area contributed by atoms with Gasteiger partial charge in [0.25, 0.3) is 0 Å². The molecule has 0 bridgehead atoms. The summed E-state index contributed by atoms with van der Waals surface area (Å²) in [6.07, 6.45) is 7.74. The van der Waals surface area contributed by atoms with Gasteiger partial charge in [-0.05, 0) is 45.0 Å². The van der Waals surface area contributed by atoms with Crippen molar-refractivity contribution >= 4 is 24.8 Å². The van der Waals surface area contributed by atoms with E-state index in [9.17, 15) is 0 Å². The molecule has 2 heterocycles. The molecule has 18 heavy (non-hydrogen) atoms. The Balaban J connectivity index is 0.00000144. The van der Waals surface area contributed by atoms with Crippen molar-refractivity contribution in [2.45, 2.75) is 25.3 Å². The molecule has 1 N–H and O–H groups in total. The van der Waals surface area contributed by atoms with Crippen LogP contribution in [0.1, 0.15) is 18.4 Å². The van der Waals surface area contributed by atoms with Crippen LogP contribution in [-0.4, -0.2) is 47.4 Å². The molecule has 4 nitrogen and oxygen atoms in total. The molecule has 1 aliphatic heterocycles. The van der Waals surface area contributed by atoms with Crippen LogP contribution in [0.5, 0.6) is 0 Å². The van der Waals surface area contributed by atoms with Gasteiger partial charge in [0.15, 0.2) is 0 Å². The van der Waals surface area contributed by atoms with Gasteiger partial charge in [-0.15, -0.1) is 24.8 Å². The summed E-state index contributed by atoms with van der Waals surface area (Å²) < 4.78 is 1.87. The second-order valence-electron chi connectivity index (χ2n) is 4.73. The van der Waals surface area contributed by atoms with Gasteiger partial charge in [-0.2, -0.15) is 5.10 Å². The molecule has 0 aliphatic carbocycles. The molecule has 0 saturated carbocycles. The van der Waals surface area contributed by atoms with Gasteiger partial charge < -0.3 is 10.2 Å². The van der Waals surface area contributed by atoms with Crippen LogP contribution in [0.3, 0.4) is 0 Å². The maximum atomic E-state index is 4.20. The molecule has 1 aliphatic rings. The second kappa shape index (κ2) is 8.75. The highest BCUT2D eigenvalue weighted by Crippen LogP contribution is 2.10. The Morgan fingerprint density at radius 1 is 1.39 bits per heavy atom. The van der Waals surface area contributed by atoms with E-state index in [1.807, 2.05) is 17.9 Å². The third-order valence-corrected chi connectivity index (χ3v) is 3.44. The summed E-state index contributed by atoms with van der Waals surface area (Å²) in [5.41, 5.74) is 1.34. The summed E-state index contributed by atoms with van der Waals surface area (Å²) in [5, 5.41) is 7.60. The topological polar surface area (TPSA) is 33.1 Å². The molecule has 1 aromatic rings. The van der Waals surface area contributed by atoms with Crippen molar-refractivity contribution in [3.05, 3.63) is 18.0 Å². The van der Waals surface area contributed by atoms with E-state index in [0.29, 0.717) is 0 Å². The fourth-order valence-electron chi connectivity index (χ4n) is 2.34. The Kier molecular flexibility index (Phi) is 8.61. The van der Waals surface area contributed by atoms with E-state index < -0.39 is 0 Å². The molecular weight excluding hydrogens is 271 g/mol. The molecule has 0 amide bonds. The van der Waals surface area contributed by atoms with E-state index >= 15 is 0 Å². The first-order valence-corrected chi connectivity index (χ1v) is 6.14. The number of nitrogens with one attached hydrogen (secondary N) is 1. The average molecular weight is 295 g/mol. The third-order valence-electron chi connectivity index (χ3n) is 3.44. The zero-order valence-electron chi connectivity index (χ0n) is 11.1. The minimum Gasteiger partial charge on any atom is -0.317 e. The molecule has 0 atom stereocenters. The lowest BCUT2D eigenvalue weighted by Gasteiger charge is -2.31. The number of hydrogen-bond acceptors (Lipinski definition) is 3. The molecule has 0 spiro atoms. The first kappa shape index (κ1) is 17.7. The Morgan fingerprint density at radius 2 is 2.06 bits per heavy atom. The minimum absolute atomic E-state index is 0. The summed E-state index contributed by atoms with van der Waals surface area (Å²) in [6.45, 7) is 3.47. The molecule has 106 valence electrons. The van der Waals surface area contributed by atoms with Gasteiger partial charge in [0.2, 0.25) is 0 Å². The maximum absolute atomic E-state index is 4.20. The summed E-state index contributed by atoms with van der Waals surface area (Å²) in [4.78, 5) is 2.49. The van der Waals surface area contributed by atoms with Crippen molar-refractivity contribution in [3.63, 3.8) is 0 Å². The lowest BCUT2D eigenvalue weighted by Crippen LogP contribution is -2.41. The maximum Gasteiger partial charge on any atom is 0.0522 e. The smallest absolute Gasteiger partial charge is 0.0522 e. The van der Waals surface area contributed by atoms with Crippen molar-refractivity contribution < 1.29 is 0 Å². The van der Waals surface area contributed by atoms with Gasteiger partial charge in [0.1, 0.15) is 0 Å². The standard InChI is InChI=1S/C12H22N4.2ClH/c1-15(12-3-6-13-7-4-12)8-5-11-9-14-16(2)10-11;;/h9-10,12-13H,3-8H2,1-2H3;2*1H. The van der Waals surface area contributed by atoms with Crippen molar-refractivity contribution in [1.82, 2.24) is 20.0 Å². The molecule has 0 radical (unpaired) electrons. The number of aromatic nitrogens is 2. The number of hydrogen-bond donors (Lipinski definition) is 1. The molecule has 6 heteroatoms. The third kappa shape index (κ3) is 5.14. The van der Waals surface area contributed by atoms with Gasteiger partial charge in [-0.1, -0.05) is 0 Å². The van der Waals surface area contributed by atoms with Crippen molar-refractivity contribution in [2.75, 3.05) is 26.7 Å². The van der Waals surface area contributed by atoms with Crippen LogP contribution in [0.4, 0.5) is 0 Å². The zero-order chi connectivity index (χ0) is 11.4. The summed E-state index contributed by atoms with van der Waals surface area (Å²) in [5.74, 6) is 0. The molecular formula is C12H24Cl2N4. The van der Waals surface area contributed by atoms with Gasteiger partial charge in [-0.25, -0.2) is 0 Å². The van der Waals surface area contributed by atoms with E-state index in [-0.39, 0.29) is 24.8 Å². The first-order chi connectivity index (χ1) is 7.75. The van der Waals surface area contributed by atoms with Crippen molar-refractivity contribution in [2.24, 2.45) is 7.05 Å². The monoisotopic (exact) mass is 294 g/mol. The van der Waals surface area contributed by atoms with E-state index in [0.717, 1.165) is 19.0 Å². The van der Waals surface area contributed by atoms with Crippen LogP contribution in [0, 0.1) is 0 Å². The number of halogens is 2. The van der Waals surface area contributed by atoms with Gasteiger partial charge >= 0.3 is 0 Å². The fraction of sp³-hybridized carbons (Fsp3) is 0.750. The molecule has 1 fully saturated rings. The Hall–Kier alpha value is -0.290. The van der Waals surface area contributed by atoms with E-state index in [1.165, 1.54) is 31.5 Å². The first-order valence-electron chi connectivity index (χ1n) is 6.14. The Labute approximate surface area is 122 Å². The number of nitrogens with zero attached hydrogens (tertiary/aromatic N) is 3. The number of likely N-dealkylation sites (N-methyl/N-ethyl adjacent to an activating group) is 1. The molecule has 1 aromatic heterocycles. The number of rotatable bonds is 4. The molecule has 1 saturated heterocycles. The second-order valence-corrected chi connectivity index (χ2v) is 4.73. The Morgan fingerprint density at radius 3 is 2.61 bits per heavy atom. The van der Waals surface area contributed by atoms with Crippen LogP contribution < -0.4 is 5.32 Å². The SMILES string of the molecule is CN(CCc1cnn(C)c1)C1CCNCC1.Cl.Cl. The van der Waals surface area contributed by atoms with E-state index in [4.69, 9.17) is 0 Å². The summed E-state index contributed by atoms with van der Waals surface area (Å²) in [6, 6.07) is 0.762. The van der Waals surface area contributed by atoms with Crippen LogP contribution >= 0.6 is 24.8 Å². The highest BCUT2D eigenvalue weighted by molar-refractivity contribution is 5.85. The van der Waals surface area contributed by atoms with Gasteiger partial charge in [0.05, 0.1) is 6.20 Å². The molecule has 2 rings (SSSR count). The molecule has 0 unspecified atom stereocenters. The Bertz CT molecular complexity index is 324. The quantitative estimate of drug-likeness (QED) is 0.913. The highest BCUT2D eigenvalue weighted by atomic mass is 35.5. The number of aryl methyl sites for hydroxylation is 1. The molecule has 0 aromatic carbocycles. The van der Waals surface area contributed by atoms with Crippen LogP contribution in [-0.2, 0) is 13.5 Å². The van der Waals surface area contributed by atoms with Crippen LogP contribution in [0.15, 0.2) is 12.4 Å². The largest absolute Gasteiger partial charge is 0.317 e. The normalized spacial score (nSPS) is 16.2. The lowest BCUT2D eigenvalue weighted by molar-refractivity contribution is 0.201.